The van der Waals surface area contributed by atoms with Crippen molar-refractivity contribution >= 4 is 17.6 Å². The quantitative estimate of drug-likeness (QED) is 0.576. The zero-order chi connectivity index (χ0) is 12.0. The van der Waals surface area contributed by atoms with E-state index in [1.807, 2.05) is 0 Å². The zero-order valence-electron chi connectivity index (χ0n) is 9.03. The maximum atomic E-state index is 11.5. The van der Waals surface area contributed by atoms with E-state index in [2.05, 4.69) is 10.1 Å². The first kappa shape index (κ1) is 12.0. The van der Waals surface area contributed by atoms with Gasteiger partial charge in [-0.1, -0.05) is 6.07 Å². The molecule has 0 saturated heterocycles. The Hall–Kier alpha value is -2.04. The Morgan fingerprint density at radius 2 is 2.19 bits per heavy atom. The molecule has 0 saturated carbocycles. The number of carbonyl (C=O) groups excluding carboxylic acids is 2. The van der Waals surface area contributed by atoms with Crippen molar-refractivity contribution in [2.24, 2.45) is 0 Å². The van der Waals surface area contributed by atoms with Crippen LogP contribution in [-0.2, 0) is 9.53 Å². The third-order valence-corrected chi connectivity index (χ3v) is 1.99. The van der Waals surface area contributed by atoms with Crippen molar-refractivity contribution in [2.75, 3.05) is 19.4 Å². The zero-order valence-corrected chi connectivity index (χ0v) is 9.03. The summed E-state index contributed by atoms with van der Waals surface area (Å²) in [5, 5.41) is 2.60. The number of anilines is 1. The van der Waals surface area contributed by atoms with E-state index in [1.165, 1.54) is 7.11 Å². The number of esters is 1. The topological polar surface area (TPSA) is 81.4 Å². The summed E-state index contributed by atoms with van der Waals surface area (Å²) < 4.78 is 4.45. The number of nitrogens with one attached hydrogen (secondary N) is 1. The molecule has 1 aromatic carbocycles. The van der Waals surface area contributed by atoms with Gasteiger partial charge >= 0.3 is 5.97 Å². The van der Waals surface area contributed by atoms with Gasteiger partial charge < -0.3 is 15.8 Å². The predicted molar refractivity (Wildman–Crippen MR) is 59.8 cm³/mol. The SMILES string of the molecule is COC(=O)CCNC(=O)c1cccc(N)c1. The smallest absolute Gasteiger partial charge is 0.307 e. The van der Waals surface area contributed by atoms with Gasteiger partial charge in [0.1, 0.15) is 0 Å². The highest BCUT2D eigenvalue weighted by molar-refractivity contribution is 5.95. The number of ether oxygens (including phenoxy) is 1. The second-order valence-electron chi connectivity index (χ2n) is 3.21. The van der Waals surface area contributed by atoms with Crippen LogP contribution in [-0.4, -0.2) is 25.5 Å². The lowest BCUT2D eigenvalue weighted by Gasteiger charge is -2.04. The highest BCUT2D eigenvalue weighted by Gasteiger charge is 2.06. The third-order valence-electron chi connectivity index (χ3n) is 1.99. The van der Waals surface area contributed by atoms with Crippen molar-refractivity contribution in [3.05, 3.63) is 29.8 Å². The number of benzene rings is 1. The summed E-state index contributed by atoms with van der Waals surface area (Å²) in [6.07, 6.45) is 0.157. The van der Waals surface area contributed by atoms with Crippen LogP contribution in [0.5, 0.6) is 0 Å². The van der Waals surface area contributed by atoms with Crippen LogP contribution in [0.3, 0.4) is 0 Å². The molecule has 16 heavy (non-hydrogen) atoms. The summed E-state index contributed by atoms with van der Waals surface area (Å²) in [7, 11) is 1.31. The average molecular weight is 222 g/mol. The van der Waals surface area contributed by atoms with E-state index >= 15 is 0 Å². The fraction of sp³-hybridized carbons (Fsp3) is 0.273. The van der Waals surface area contributed by atoms with Gasteiger partial charge in [0.25, 0.3) is 5.91 Å². The molecule has 0 fully saturated rings. The molecule has 0 spiro atoms. The van der Waals surface area contributed by atoms with Crippen LogP contribution >= 0.6 is 0 Å². The molecule has 0 heterocycles. The number of hydrogen-bond donors (Lipinski definition) is 2. The van der Waals surface area contributed by atoms with Crippen LogP contribution in [0.4, 0.5) is 5.69 Å². The van der Waals surface area contributed by atoms with Crippen molar-refractivity contribution in [3.8, 4) is 0 Å². The van der Waals surface area contributed by atoms with E-state index in [0.29, 0.717) is 11.3 Å². The molecule has 0 bridgehead atoms. The number of carbonyl (C=O) groups is 2. The predicted octanol–water partition coefficient (Wildman–Crippen LogP) is 0.562. The molecule has 0 aliphatic rings. The van der Waals surface area contributed by atoms with E-state index in [1.54, 1.807) is 24.3 Å². The Morgan fingerprint density at radius 3 is 2.81 bits per heavy atom. The monoisotopic (exact) mass is 222 g/mol. The van der Waals surface area contributed by atoms with Gasteiger partial charge in [-0.05, 0) is 18.2 Å². The lowest BCUT2D eigenvalue weighted by atomic mass is 10.2. The van der Waals surface area contributed by atoms with E-state index in [0.717, 1.165) is 0 Å². The van der Waals surface area contributed by atoms with E-state index in [4.69, 9.17) is 5.73 Å². The Bertz CT molecular complexity index is 391. The summed E-state index contributed by atoms with van der Waals surface area (Å²) in [6.45, 7) is 0.250. The van der Waals surface area contributed by atoms with Gasteiger partial charge in [0.05, 0.1) is 13.5 Å². The largest absolute Gasteiger partial charge is 0.469 e. The summed E-state index contributed by atoms with van der Waals surface area (Å²) in [4.78, 5) is 22.3. The first-order valence-corrected chi connectivity index (χ1v) is 4.84. The van der Waals surface area contributed by atoms with E-state index in [-0.39, 0.29) is 24.8 Å². The molecular formula is C11H14N2O3. The number of amides is 1. The highest BCUT2D eigenvalue weighted by Crippen LogP contribution is 2.05. The van der Waals surface area contributed by atoms with Crippen molar-refractivity contribution in [2.45, 2.75) is 6.42 Å². The lowest BCUT2D eigenvalue weighted by molar-refractivity contribution is -0.140. The number of methoxy groups -OCH3 is 1. The molecule has 0 aromatic heterocycles. The Kier molecular flexibility index (Phi) is 4.32. The maximum absolute atomic E-state index is 11.5. The minimum Gasteiger partial charge on any atom is -0.469 e. The molecule has 0 unspecified atom stereocenters. The van der Waals surface area contributed by atoms with Crippen LogP contribution in [0.25, 0.3) is 0 Å². The van der Waals surface area contributed by atoms with Crippen LogP contribution in [0, 0.1) is 0 Å². The van der Waals surface area contributed by atoms with Crippen molar-refractivity contribution in [1.82, 2.24) is 5.32 Å². The first-order chi connectivity index (χ1) is 7.63. The molecule has 5 heteroatoms. The Morgan fingerprint density at radius 1 is 1.44 bits per heavy atom. The van der Waals surface area contributed by atoms with Gasteiger partial charge in [0.2, 0.25) is 0 Å². The second kappa shape index (κ2) is 5.75. The standard InChI is InChI=1S/C11H14N2O3/c1-16-10(14)5-6-13-11(15)8-3-2-4-9(12)7-8/h2-4,7H,5-6,12H2,1H3,(H,13,15). The van der Waals surface area contributed by atoms with Crippen molar-refractivity contribution < 1.29 is 14.3 Å². The minimum absolute atomic E-state index is 0.157. The summed E-state index contributed by atoms with van der Waals surface area (Å²) in [5.41, 5.74) is 6.55. The van der Waals surface area contributed by atoms with Gasteiger partial charge in [-0.25, -0.2) is 0 Å². The number of nitrogen functional groups attached to an aromatic ring is 1. The number of nitrogens with two attached hydrogens (primary N) is 1. The molecule has 0 aliphatic carbocycles. The molecular weight excluding hydrogens is 208 g/mol. The maximum Gasteiger partial charge on any atom is 0.307 e. The van der Waals surface area contributed by atoms with E-state index in [9.17, 15) is 9.59 Å². The normalized spacial score (nSPS) is 9.56. The number of hydrogen-bond acceptors (Lipinski definition) is 4. The highest BCUT2D eigenvalue weighted by atomic mass is 16.5. The van der Waals surface area contributed by atoms with Crippen molar-refractivity contribution in [1.29, 1.82) is 0 Å². The lowest BCUT2D eigenvalue weighted by Crippen LogP contribution is -2.26. The number of rotatable bonds is 4. The van der Waals surface area contributed by atoms with Gasteiger partial charge in [0, 0.05) is 17.8 Å². The fourth-order valence-electron chi connectivity index (χ4n) is 1.16. The van der Waals surface area contributed by atoms with Crippen LogP contribution < -0.4 is 11.1 Å². The van der Waals surface area contributed by atoms with Crippen LogP contribution in [0.15, 0.2) is 24.3 Å². The molecule has 1 amide bonds. The summed E-state index contributed by atoms with van der Waals surface area (Å²) in [5.74, 6) is -0.607. The summed E-state index contributed by atoms with van der Waals surface area (Å²) >= 11 is 0. The van der Waals surface area contributed by atoms with Crippen molar-refractivity contribution in [3.63, 3.8) is 0 Å². The van der Waals surface area contributed by atoms with Gasteiger partial charge in [-0.2, -0.15) is 0 Å². The van der Waals surface area contributed by atoms with Crippen LogP contribution in [0.1, 0.15) is 16.8 Å². The molecule has 0 aliphatic heterocycles. The Labute approximate surface area is 93.6 Å². The second-order valence-corrected chi connectivity index (χ2v) is 3.21. The minimum atomic E-state index is -0.354. The molecule has 5 nitrogen and oxygen atoms in total. The molecule has 3 N–H and O–H groups in total. The summed E-state index contributed by atoms with van der Waals surface area (Å²) in [6, 6.07) is 6.63. The Balaban J connectivity index is 2.44. The van der Waals surface area contributed by atoms with Gasteiger partial charge in [-0.15, -0.1) is 0 Å². The average Bonchev–Trinajstić information content (AvgIpc) is 2.28. The third kappa shape index (κ3) is 3.61. The van der Waals surface area contributed by atoms with Crippen LogP contribution in [0.2, 0.25) is 0 Å². The van der Waals surface area contributed by atoms with Gasteiger partial charge in [0.15, 0.2) is 0 Å². The molecule has 1 rings (SSSR count). The molecule has 0 radical (unpaired) electrons. The van der Waals surface area contributed by atoms with Gasteiger partial charge in [-0.3, -0.25) is 9.59 Å². The first-order valence-electron chi connectivity index (χ1n) is 4.84. The molecule has 1 aromatic rings. The molecule has 0 atom stereocenters. The molecule has 86 valence electrons. The van der Waals surface area contributed by atoms with E-state index < -0.39 is 0 Å². The fourth-order valence-corrected chi connectivity index (χ4v) is 1.16.